The van der Waals surface area contributed by atoms with E-state index in [0.717, 1.165) is 28.5 Å². The summed E-state index contributed by atoms with van der Waals surface area (Å²) in [5.41, 5.74) is 3.23. The van der Waals surface area contributed by atoms with E-state index >= 15 is 0 Å². The molecule has 0 radical (unpaired) electrons. The fourth-order valence-corrected chi connectivity index (χ4v) is 2.43. The van der Waals surface area contributed by atoms with Gasteiger partial charge in [-0.25, -0.2) is 9.37 Å². The average Bonchev–Trinajstić information content (AvgIpc) is 2.91. The van der Waals surface area contributed by atoms with Gasteiger partial charge in [0.15, 0.2) is 0 Å². The van der Waals surface area contributed by atoms with Crippen molar-refractivity contribution in [3.63, 3.8) is 0 Å². The second-order valence-corrected chi connectivity index (χ2v) is 5.15. The smallest absolute Gasteiger partial charge is 0.145 e. The van der Waals surface area contributed by atoms with Crippen molar-refractivity contribution in [2.24, 2.45) is 0 Å². The molecule has 4 nitrogen and oxygen atoms in total. The van der Waals surface area contributed by atoms with Gasteiger partial charge in [-0.3, -0.25) is 0 Å². The fraction of sp³-hybridized carbons (Fsp3) is 0.176. The lowest BCUT2D eigenvalue weighted by molar-refractivity contribution is 0.629. The number of benzene rings is 1. The highest BCUT2D eigenvalue weighted by atomic mass is 19.1. The molecular formula is C17H15FN4. The number of aromatic nitrogens is 2. The summed E-state index contributed by atoms with van der Waals surface area (Å²) < 4.78 is 13.2. The lowest BCUT2D eigenvalue weighted by Crippen LogP contribution is -2.07. The number of rotatable bonds is 4. The topological polar surface area (TPSA) is 64.5 Å². The molecule has 2 aromatic heterocycles. The Balaban J connectivity index is 1.69. The molecule has 0 fully saturated rings. The zero-order valence-electron chi connectivity index (χ0n) is 12.2. The van der Waals surface area contributed by atoms with E-state index in [0.29, 0.717) is 18.1 Å². The summed E-state index contributed by atoms with van der Waals surface area (Å²) in [5.74, 6) is 0.444. The van der Waals surface area contributed by atoms with Gasteiger partial charge in [-0.1, -0.05) is 6.07 Å². The van der Waals surface area contributed by atoms with E-state index in [9.17, 15) is 4.39 Å². The van der Waals surface area contributed by atoms with E-state index in [1.54, 1.807) is 6.07 Å². The summed E-state index contributed by atoms with van der Waals surface area (Å²) in [6.07, 6.45) is 2.68. The molecule has 22 heavy (non-hydrogen) atoms. The highest BCUT2D eigenvalue weighted by Crippen LogP contribution is 2.19. The monoisotopic (exact) mass is 294 g/mol. The van der Waals surface area contributed by atoms with Crippen LogP contribution in [0.25, 0.3) is 10.9 Å². The number of hydrogen-bond acceptors (Lipinski definition) is 3. The Morgan fingerprint density at radius 2 is 2.18 bits per heavy atom. The van der Waals surface area contributed by atoms with Crippen LogP contribution in [0.1, 0.15) is 16.8 Å². The van der Waals surface area contributed by atoms with Crippen molar-refractivity contribution in [1.29, 1.82) is 5.26 Å². The normalized spacial score (nSPS) is 10.6. The minimum absolute atomic E-state index is 0.244. The molecule has 0 saturated carbocycles. The molecule has 0 aliphatic carbocycles. The molecule has 2 heterocycles. The summed E-state index contributed by atoms with van der Waals surface area (Å²) in [5, 5.41) is 13.2. The highest BCUT2D eigenvalue weighted by Gasteiger charge is 2.05. The minimum Gasteiger partial charge on any atom is -0.370 e. The van der Waals surface area contributed by atoms with E-state index < -0.39 is 0 Å². The molecule has 1 aromatic carbocycles. The largest absolute Gasteiger partial charge is 0.370 e. The Kier molecular flexibility index (Phi) is 3.75. The Hall–Kier alpha value is -2.87. The van der Waals surface area contributed by atoms with Crippen LogP contribution in [-0.4, -0.2) is 16.5 Å². The fourth-order valence-electron chi connectivity index (χ4n) is 2.43. The van der Waals surface area contributed by atoms with Gasteiger partial charge in [0, 0.05) is 23.6 Å². The van der Waals surface area contributed by atoms with Crippen molar-refractivity contribution in [3.05, 3.63) is 59.2 Å². The number of aromatic amines is 1. The van der Waals surface area contributed by atoms with Crippen LogP contribution in [0.2, 0.25) is 0 Å². The second kappa shape index (κ2) is 5.86. The number of hydrogen-bond donors (Lipinski definition) is 2. The number of nitriles is 1. The third kappa shape index (κ3) is 2.77. The molecule has 2 N–H and O–H groups in total. The molecule has 0 saturated heterocycles. The Morgan fingerprint density at radius 1 is 1.32 bits per heavy atom. The van der Waals surface area contributed by atoms with Crippen molar-refractivity contribution >= 4 is 16.7 Å². The Morgan fingerprint density at radius 3 is 3.00 bits per heavy atom. The van der Waals surface area contributed by atoms with Gasteiger partial charge in [-0.2, -0.15) is 5.26 Å². The van der Waals surface area contributed by atoms with Crippen LogP contribution in [0.4, 0.5) is 10.2 Å². The molecule has 3 aromatic rings. The Bertz CT molecular complexity index is 861. The van der Waals surface area contributed by atoms with Crippen LogP contribution in [0.3, 0.4) is 0 Å². The summed E-state index contributed by atoms with van der Waals surface area (Å²) in [4.78, 5) is 7.33. The number of nitrogens with one attached hydrogen (secondary N) is 2. The van der Waals surface area contributed by atoms with Gasteiger partial charge in [0.05, 0.1) is 0 Å². The molecule has 0 atom stereocenters. The summed E-state index contributed by atoms with van der Waals surface area (Å²) in [6.45, 7) is 2.55. The summed E-state index contributed by atoms with van der Waals surface area (Å²) >= 11 is 0. The minimum atomic E-state index is -0.244. The van der Waals surface area contributed by atoms with Crippen LogP contribution < -0.4 is 5.32 Å². The molecule has 0 amide bonds. The number of pyridine rings is 1. The maximum Gasteiger partial charge on any atom is 0.145 e. The van der Waals surface area contributed by atoms with E-state index in [1.807, 2.05) is 25.3 Å². The highest BCUT2D eigenvalue weighted by molar-refractivity contribution is 5.83. The molecule has 0 unspecified atom stereocenters. The van der Waals surface area contributed by atoms with E-state index in [-0.39, 0.29) is 5.82 Å². The maximum atomic E-state index is 13.2. The molecule has 0 aliphatic rings. The van der Waals surface area contributed by atoms with Crippen LogP contribution >= 0.6 is 0 Å². The lowest BCUT2D eigenvalue weighted by atomic mass is 10.1. The van der Waals surface area contributed by atoms with Gasteiger partial charge < -0.3 is 10.3 Å². The first-order valence-corrected chi connectivity index (χ1v) is 7.04. The zero-order chi connectivity index (χ0) is 15.5. The van der Waals surface area contributed by atoms with Crippen molar-refractivity contribution in [3.8, 4) is 6.07 Å². The summed E-state index contributed by atoms with van der Waals surface area (Å²) in [7, 11) is 0. The average molecular weight is 294 g/mol. The van der Waals surface area contributed by atoms with Crippen LogP contribution in [0.5, 0.6) is 0 Å². The zero-order valence-corrected chi connectivity index (χ0v) is 12.2. The molecular weight excluding hydrogens is 279 g/mol. The standard InChI is InChI=1S/C17H15FN4/c1-11-2-5-17(22-16(11)9-19)20-7-6-12-10-21-15-8-13(18)3-4-14(12)15/h2-5,8,10,21H,6-7H2,1H3,(H,20,22). The van der Waals surface area contributed by atoms with Crippen molar-refractivity contribution < 1.29 is 4.39 Å². The van der Waals surface area contributed by atoms with Gasteiger partial charge in [-0.15, -0.1) is 0 Å². The van der Waals surface area contributed by atoms with E-state index in [4.69, 9.17) is 5.26 Å². The van der Waals surface area contributed by atoms with Crippen LogP contribution in [0, 0.1) is 24.1 Å². The number of anilines is 1. The van der Waals surface area contributed by atoms with Crippen LogP contribution in [-0.2, 0) is 6.42 Å². The molecule has 5 heteroatoms. The van der Waals surface area contributed by atoms with Gasteiger partial charge in [0.1, 0.15) is 23.4 Å². The number of H-pyrrole nitrogens is 1. The van der Waals surface area contributed by atoms with Gasteiger partial charge >= 0.3 is 0 Å². The Labute approximate surface area is 127 Å². The maximum absolute atomic E-state index is 13.2. The van der Waals surface area contributed by atoms with Gasteiger partial charge in [-0.05, 0) is 48.7 Å². The third-order valence-electron chi connectivity index (χ3n) is 3.63. The van der Waals surface area contributed by atoms with Crippen molar-refractivity contribution in [2.75, 3.05) is 11.9 Å². The van der Waals surface area contributed by atoms with Crippen molar-refractivity contribution in [1.82, 2.24) is 9.97 Å². The summed E-state index contributed by atoms with van der Waals surface area (Å²) in [6, 6.07) is 10.6. The lowest BCUT2D eigenvalue weighted by Gasteiger charge is -2.06. The molecule has 0 spiro atoms. The van der Waals surface area contributed by atoms with E-state index in [1.165, 1.54) is 12.1 Å². The molecule has 110 valence electrons. The quantitative estimate of drug-likeness (QED) is 0.773. The van der Waals surface area contributed by atoms with E-state index in [2.05, 4.69) is 21.4 Å². The number of halogens is 1. The molecule has 0 aliphatic heterocycles. The second-order valence-electron chi connectivity index (χ2n) is 5.15. The van der Waals surface area contributed by atoms with Gasteiger partial charge in [0.25, 0.3) is 0 Å². The third-order valence-corrected chi connectivity index (χ3v) is 3.63. The predicted molar refractivity (Wildman–Crippen MR) is 84.1 cm³/mol. The first kappa shape index (κ1) is 14.1. The molecule has 3 rings (SSSR count). The number of nitrogens with zero attached hydrogens (tertiary/aromatic N) is 2. The SMILES string of the molecule is Cc1ccc(NCCc2c[nH]c3cc(F)ccc23)nc1C#N. The van der Waals surface area contributed by atoms with Crippen molar-refractivity contribution in [2.45, 2.75) is 13.3 Å². The molecule has 0 bridgehead atoms. The number of aryl methyl sites for hydroxylation is 1. The number of fused-ring (bicyclic) bond motifs is 1. The first-order valence-electron chi connectivity index (χ1n) is 7.04. The van der Waals surface area contributed by atoms with Gasteiger partial charge in [0.2, 0.25) is 0 Å². The van der Waals surface area contributed by atoms with Crippen LogP contribution in [0.15, 0.2) is 36.5 Å². The predicted octanol–water partition coefficient (Wildman–Crippen LogP) is 3.54. The first-order chi connectivity index (χ1) is 10.7.